The van der Waals surface area contributed by atoms with E-state index in [-0.39, 0.29) is 11.9 Å². The molecule has 0 radical (unpaired) electrons. The van der Waals surface area contributed by atoms with Crippen molar-refractivity contribution < 1.29 is 4.39 Å². The number of aryl methyl sites for hydroxylation is 2. The van der Waals surface area contributed by atoms with Crippen LogP contribution in [0.2, 0.25) is 0 Å². The Morgan fingerprint density at radius 1 is 0.659 bits per heavy atom. The van der Waals surface area contributed by atoms with Crippen LogP contribution >= 0.6 is 0 Å². The predicted molar refractivity (Wildman–Crippen MR) is 175 cm³/mol. The van der Waals surface area contributed by atoms with Crippen molar-refractivity contribution in [3.63, 3.8) is 0 Å². The smallest absolute Gasteiger partial charge is 0.179 e. The maximum atomic E-state index is 13.6. The van der Waals surface area contributed by atoms with Gasteiger partial charge in [-0.2, -0.15) is 5.10 Å². The molecule has 5 aromatic rings. The van der Waals surface area contributed by atoms with Gasteiger partial charge in [0.25, 0.3) is 0 Å². The van der Waals surface area contributed by atoms with Crippen LogP contribution in [-0.4, -0.2) is 52.5 Å². The minimum absolute atomic E-state index is 0.136. The highest BCUT2D eigenvalue weighted by Gasteiger charge is 2.42. The van der Waals surface area contributed by atoms with Gasteiger partial charge in [-0.1, -0.05) is 60.2 Å². The van der Waals surface area contributed by atoms with Crippen LogP contribution in [0.1, 0.15) is 28.4 Å². The van der Waals surface area contributed by atoms with Gasteiger partial charge in [-0.15, -0.1) is 0 Å². The van der Waals surface area contributed by atoms with E-state index >= 15 is 0 Å². The van der Waals surface area contributed by atoms with Crippen molar-refractivity contribution >= 4 is 34.6 Å². The summed E-state index contributed by atoms with van der Waals surface area (Å²) in [7, 11) is 0. The molecule has 0 saturated carbocycles. The van der Waals surface area contributed by atoms with E-state index in [2.05, 4.69) is 83.1 Å². The number of benzene rings is 4. The zero-order valence-corrected chi connectivity index (χ0v) is 24.7. The maximum Gasteiger partial charge on any atom is 0.179 e. The fourth-order valence-corrected chi connectivity index (χ4v) is 6.55. The Labute approximate surface area is 256 Å². The average Bonchev–Trinajstić information content (AvgIpc) is 3.40. The zero-order chi connectivity index (χ0) is 29.8. The summed E-state index contributed by atoms with van der Waals surface area (Å²) in [5.74, 6) is 2.31. The van der Waals surface area contributed by atoms with Crippen LogP contribution < -0.4 is 9.80 Å². The number of amidine groups is 2. The molecule has 0 spiro atoms. The third-order valence-corrected chi connectivity index (χ3v) is 8.79. The number of aliphatic imine (C=N–C) groups is 2. The van der Waals surface area contributed by atoms with Gasteiger partial charge in [0.05, 0.1) is 28.8 Å². The van der Waals surface area contributed by atoms with Gasteiger partial charge in [0.1, 0.15) is 5.82 Å². The molecule has 44 heavy (non-hydrogen) atoms. The highest BCUT2D eigenvalue weighted by Crippen LogP contribution is 2.48. The van der Waals surface area contributed by atoms with E-state index in [1.165, 1.54) is 23.3 Å². The van der Waals surface area contributed by atoms with E-state index in [4.69, 9.17) is 15.1 Å². The summed E-state index contributed by atoms with van der Waals surface area (Å²) < 4.78 is 15.6. The molecule has 8 heteroatoms. The van der Waals surface area contributed by atoms with Crippen molar-refractivity contribution in [3.05, 3.63) is 131 Å². The van der Waals surface area contributed by atoms with Crippen LogP contribution in [0.25, 0.3) is 5.69 Å². The summed E-state index contributed by atoms with van der Waals surface area (Å²) in [5.41, 5.74) is 8.40. The standard InChI is InChI=1S/C36H32FN7/c1-24-12-14-26(15-13-24)33-32-25(2)40-44(29-8-4-3-5-9-29)34(32)39-36-35(38-30-10-6-7-11-31(30)43(33)36)42-22-20-41(21-23-42)28-18-16-27(37)17-19-28/h3-19,33H,20-23H2,1-2H3/t33-/m0/s1. The lowest BCUT2D eigenvalue weighted by Gasteiger charge is -2.44. The molecule has 218 valence electrons. The molecule has 0 amide bonds. The summed E-state index contributed by atoms with van der Waals surface area (Å²) in [6, 6.07) is 34.0. The van der Waals surface area contributed by atoms with E-state index in [0.717, 1.165) is 77.7 Å². The van der Waals surface area contributed by atoms with Gasteiger partial charge in [-0.25, -0.2) is 19.1 Å². The highest BCUT2D eigenvalue weighted by atomic mass is 19.1. The number of hydrogen-bond donors (Lipinski definition) is 0. The van der Waals surface area contributed by atoms with Crippen molar-refractivity contribution in [2.45, 2.75) is 19.9 Å². The molecular weight excluding hydrogens is 549 g/mol. The van der Waals surface area contributed by atoms with Gasteiger partial charge in [-0.05, 0) is 67.9 Å². The Kier molecular flexibility index (Phi) is 6.29. The van der Waals surface area contributed by atoms with E-state index in [9.17, 15) is 4.39 Å². The van der Waals surface area contributed by atoms with Crippen molar-refractivity contribution in [3.8, 4) is 5.69 Å². The van der Waals surface area contributed by atoms with Gasteiger partial charge >= 0.3 is 0 Å². The molecule has 8 rings (SSSR count). The molecule has 0 unspecified atom stereocenters. The summed E-state index contributed by atoms with van der Waals surface area (Å²) in [6.07, 6.45) is 0. The van der Waals surface area contributed by atoms with E-state index in [1.54, 1.807) is 0 Å². The number of nitrogens with zero attached hydrogens (tertiary/aromatic N) is 7. The van der Waals surface area contributed by atoms with Crippen molar-refractivity contribution in [2.75, 3.05) is 36.0 Å². The Hall–Kier alpha value is -5.24. The number of halogens is 1. The van der Waals surface area contributed by atoms with Crippen LogP contribution in [-0.2, 0) is 0 Å². The van der Waals surface area contributed by atoms with Gasteiger partial charge in [0.15, 0.2) is 17.5 Å². The molecule has 3 aliphatic heterocycles. The minimum Gasteiger partial charge on any atom is -0.368 e. The molecule has 1 aromatic heterocycles. The molecule has 7 nitrogen and oxygen atoms in total. The Morgan fingerprint density at radius 2 is 1.34 bits per heavy atom. The topological polar surface area (TPSA) is 52.3 Å². The van der Waals surface area contributed by atoms with Gasteiger partial charge in [-0.3, -0.25) is 0 Å². The molecule has 4 aromatic carbocycles. The van der Waals surface area contributed by atoms with Crippen LogP contribution in [0.5, 0.6) is 0 Å². The lowest BCUT2D eigenvalue weighted by atomic mass is 9.92. The first-order valence-corrected chi connectivity index (χ1v) is 15.1. The third-order valence-electron chi connectivity index (χ3n) is 8.79. The fourth-order valence-electron chi connectivity index (χ4n) is 6.55. The Balaban J connectivity index is 1.27. The lowest BCUT2D eigenvalue weighted by Crippen LogP contribution is -2.55. The predicted octanol–water partition coefficient (Wildman–Crippen LogP) is 7.13. The lowest BCUT2D eigenvalue weighted by molar-refractivity contribution is 0.389. The number of piperazine rings is 1. The summed E-state index contributed by atoms with van der Waals surface area (Å²) in [5, 5.41) is 5.05. The van der Waals surface area contributed by atoms with Crippen molar-refractivity contribution in [1.29, 1.82) is 0 Å². The number of para-hydroxylation sites is 3. The second-order valence-corrected chi connectivity index (χ2v) is 11.6. The quantitative estimate of drug-likeness (QED) is 0.227. The number of aromatic nitrogens is 2. The SMILES string of the molecule is Cc1ccc([C@H]2c3c(C)nn(-c4ccccc4)c3N=C3C(N4CCN(c5ccc(F)cc5)CC4)=Nc4ccccc4N32)cc1. The molecule has 0 N–H and O–H groups in total. The molecule has 1 atom stereocenters. The number of anilines is 2. The van der Waals surface area contributed by atoms with Gasteiger partial charge < -0.3 is 14.7 Å². The number of hydrogen-bond acceptors (Lipinski definition) is 6. The second-order valence-electron chi connectivity index (χ2n) is 11.6. The first-order valence-electron chi connectivity index (χ1n) is 15.1. The number of rotatable bonds is 3. The van der Waals surface area contributed by atoms with E-state index in [1.807, 2.05) is 41.1 Å². The molecule has 1 saturated heterocycles. The van der Waals surface area contributed by atoms with E-state index in [0.29, 0.717) is 0 Å². The van der Waals surface area contributed by atoms with Crippen molar-refractivity contribution in [1.82, 2.24) is 14.7 Å². The molecular formula is C36H32FN7. The Bertz CT molecular complexity index is 1900. The summed E-state index contributed by atoms with van der Waals surface area (Å²) in [4.78, 5) is 17.7. The van der Waals surface area contributed by atoms with Crippen LogP contribution in [0, 0.1) is 19.7 Å². The minimum atomic E-state index is -0.217. The molecule has 0 bridgehead atoms. The van der Waals surface area contributed by atoms with Gasteiger partial charge in [0, 0.05) is 37.4 Å². The van der Waals surface area contributed by atoms with Crippen LogP contribution in [0.15, 0.2) is 113 Å². The van der Waals surface area contributed by atoms with Crippen LogP contribution in [0.4, 0.5) is 27.3 Å². The highest BCUT2D eigenvalue weighted by molar-refractivity contribution is 6.48. The second kappa shape index (κ2) is 10.5. The molecule has 0 aliphatic carbocycles. The normalized spacial score (nSPS) is 17.4. The Morgan fingerprint density at radius 3 is 2.09 bits per heavy atom. The van der Waals surface area contributed by atoms with Crippen LogP contribution in [0.3, 0.4) is 0 Å². The molecule has 1 fully saturated rings. The summed E-state index contributed by atoms with van der Waals surface area (Å²) in [6.45, 7) is 7.34. The first-order chi connectivity index (χ1) is 21.5. The zero-order valence-electron chi connectivity index (χ0n) is 24.7. The van der Waals surface area contributed by atoms with Gasteiger partial charge in [0.2, 0.25) is 0 Å². The largest absolute Gasteiger partial charge is 0.368 e. The van der Waals surface area contributed by atoms with E-state index < -0.39 is 0 Å². The monoisotopic (exact) mass is 581 g/mol. The fraction of sp³-hybridized carbons (Fsp3) is 0.194. The maximum absolute atomic E-state index is 13.6. The number of fused-ring (bicyclic) bond motifs is 4. The van der Waals surface area contributed by atoms with Crippen molar-refractivity contribution in [2.24, 2.45) is 9.98 Å². The first kappa shape index (κ1) is 26.4. The summed E-state index contributed by atoms with van der Waals surface area (Å²) >= 11 is 0. The molecule has 3 aliphatic rings. The average molecular weight is 582 g/mol. The molecule has 4 heterocycles. The third kappa shape index (κ3) is 4.37.